The number of halogens is 2. The molecule has 3 amide bonds. The van der Waals surface area contributed by atoms with E-state index in [9.17, 15) is 18.4 Å². The lowest BCUT2D eigenvalue weighted by Crippen LogP contribution is -2.66. The predicted molar refractivity (Wildman–Crippen MR) is 119 cm³/mol. The minimum Gasteiger partial charge on any atom is -0.366 e. The van der Waals surface area contributed by atoms with Crippen molar-refractivity contribution in [2.45, 2.75) is 63.5 Å². The fourth-order valence-corrected chi connectivity index (χ4v) is 5.92. The largest absolute Gasteiger partial charge is 0.366 e. The van der Waals surface area contributed by atoms with Crippen molar-refractivity contribution in [2.24, 2.45) is 11.3 Å². The molecule has 1 saturated carbocycles. The van der Waals surface area contributed by atoms with Gasteiger partial charge >= 0.3 is 6.03 Å². The number of pyridine rings is 1. The lowest BCUT2D eigenvalue weighted by atomic mass is 9.65. The van der Waals surface area contributed by atoms with Gasteiger partial charge in [0.05, 0.1) is 12.1 Å². The van der Waals surface area contributed by atoms with Crippen LogP contribution in [0.15, 0.2) is 18.3 Å². The number of hydrogen-bond acceptors (Lipinski definition) is 4. The van der Waals surface area contributed by atoms with E-state index >= 15 is 0 Å². The number of nitrogens with one attached hydrogen (secondary N) is 1. The minimum atomic E-state index is -2.91. The van der Waals surface area contributed by atoms with Crippen LogP contribution in [0.25, 0.3) is 0 Å². The first-order valence-electron chi connectivity index (χ1n) is 12.0. The fraction of sp³-hybridized carbons (Fsp3) is 0.708. The molecule has 0 aromatic carbocycles. The molecule has 4 fully saturated rings. The van der Waals surface area contributed by atoms with E-state index in [0.717, 1.165) is 64.1 Å². The Kier molecular flexibility index (Phi) is 5.79. The van der Waals surface area contributed by atoms with Crippen LogP contribution in [0.4, 0.5) is 13.6 Å². The molecule has 1 aliphatic carbocycles. The molecule has 1 aromatic heterocycles. The first-order valence-corrected chi connectivity index (χ1v) is 12.0. The molecule has 0 bridgehead atoms. The van der Waals surface area contributed by atoms with E-state index in [1.54, 1.807) is 12.3 Å². The van der Waals surface area contributed by atoms with Crippen molar-refractivity contribution >= 4 is 11.9 Å². The summed E-state index contributed by atoms with van der Waals surface area (Å²) in [7, 11) is 0. The number of carbonyl (C=O) groups is 2. The summed E-state index contributed by atoms with van der Waals surface area (Å²) in [6.45, 7) is 3.76. The van der Waals surface area contributed by atoms with Gasteiger partial charge in [-0.2, -0.15) is 8.78 Å². The number of amides is 3. The number of nitrogens with zero attached hydrogens (tertiary/aromatic N) is 3. The Morgan fingerprint density at radius 1 is 1.27 bits per heavy atom. The van der Waals surface area contributed by atoms with Gasteiger partial charge in [-0.1, -0.05) is 6.07 Å². The number of morpholine rings is 1. The normalized spacial score (nSPS) is 27.7. The number of alkyl halides is 2. The number of rotatable bonds is 3. The summed E-state index contributed by atoms with van der Waals surface area (Å²) in [4.78, 5) is 32.4. The van der Waals surface area contributed by atoms with Crippen LogP contribution in [0.3, 0.4) is 0 Å². The van der Waals surface area contributed by atoms with Gasteiger partial charge in [0, 0.05) is 46.1 Å². The highest BCUT2D eigenvalue weighted by Gasteiger charge is 2.48. The van der Waals surface area contributed by atoms with E-state index < -0.39 is 5.92 Å². The third-order valence-corrected chi connectivity index (χ3v) is 7.88. The van der Waals surface area contributed by atoms with Crippen molar-refractivity contribution in [3.63, 3.8) is 0 Å². The van der Waals surface area contributed by atoms with E-state index in [0.29, 0.717) is 19.0 Å². The lowest BCUT2D eigenvalue weighted by Gasteiger charge is -2.55. The van der Waals surface area contributed by atoms with Gasteiger partial charge in [0.1, 0.15) is 12.3 Å². The molecule has 33 heavy (non-hydrogen) atoms. The van der Waals surface area contributed by atoms with Crippen molar-refractivity contribution in [2.75, 3.05) is 32.8 Å². The van der Waals surface area contributed by atoms with Crippen molar-refractivity contribution in [1.29, 1.82) is 0 Å². The average molecular weight is 465 g/mol. The molecule has 5 rings (SSSR count). The maximum absolute atomic E-state index is 13.4. The summed E-state index contributed by atoms with van der Waals surface area (Å²) in [5, 5.41) is 2.95. The molecular weight excluding hydrogens is 430 g/mol. The highest BCUT2D eigenvalue weighted by molar-refractivity contribution is 5.79. The van der Waals surface area contributed by atoms with Crippen molar-refractivity contribution in [3.8, 4) is 0 Å². The van der Waals surface area contributed by atoms with Gasteiger partial charge in [0.25, 0.3) is 5.92 Å². The Morgan fingerprint density at radius 3 is 2.70 bits per heavy atom. The Balaban J connectivity index is 0.00000274. The van der Waals surface area contributed by atoms with Gasteiger partial charge in [0.15, 0.2) is 0 Å². The number of aromatic nitrogens is 1. The summed E-state index contributed by atoms with van der Waals surface area (Å²) >= 11 is 0. The van der Waals surface area contributed by atoms with Crippen LogP contribution in [0.1, 0.15) is 51.7 Å². The van der Waals surface area contributed by atoms with Crippen LogP contribution in [-0.4, -0.2) is 71.7 Å². The molecule has 9 heteroatoms. The van der Waals surface area contributed by atoms with Crippen molar-refractivity contribution in [1.82, 2.24) is 20.1 Å². The second-order valence-electron chi connectivity index (χ2n) is 10.5. The molecule has 0 radical (unpaired) electrons. The van der Waals surface area contributed by atoms with Gasteiger partial charge in [-0.05, 0) is 56.1 Å². The Bertz CT molecular complexity index is 894. The standard InChI is InChI=1S/C24H32F2N4O3.H2/c1-23(25,26)20-3-2-17(11-27-20)10-16-4-7-24(8-5-16)14-30(15-24)22(32)29-9-6-19-18(12-29)28-21(31)13-33-19;/h2-3,11,16,18-19H,4-10,12-15H2,1H3,(H,28,31);1H/t18-,19+;/m1./s1. The number of fused-ring (bicyclic) bond motifs is 1. The quantitative estimate of drug-likeness (QED) is 0.746. The van der Waals surface area contributed by atoms with Gasteiger partial charge in [-0.25, -0.2) is 4.79 Å². The molecule has 7 nitrogen and oxygen atoms in total. The van der Waals surface area contributed by atoms with Crippen LogP contribution >= 0.6 is 0 Å². The third kappa shape index (κ3) is 4.69. The van der Waals surface area contributed by atoms with Crippen molar-refractivity contribution < 1.29 is 24.5 Å². The lowest BCUT2D eigenvalue weighted by molar-refractivity contribution is -0.140. The summed E-state index contributed by atoms with van der Waals surface area (Å²) in [6.07, 6.45) is 7.57. The SMILES string of the molecule is CC(F)(F)c1ccc(CC2CCC3(CC2)CN(C(=O)N2CC[C@@H]4OCC(=O)N[C@@H]4C2)C3)cn1.[HH]. The summed E-state index contributed by atoms with van der Waals surface area (Å²) in [6, 6.07) is 3.17. The Labute approximate surface area is 194 Å². The summed E-state index contributed by atoms with van der Waals surface area (Å²) in [5.74, 6) is -2.48. The zero-order valence-corrected chi connectivity index (χ0v) is 19.1. The number of urea groups is 1. The zero-order chi connectivity index (χ0) is 23.2. The van der Waals surface area contributed by atoms with Crippen LogP contribution in [-0.2, 0) is 21.9 Å². The molecule has 1 N–H and O–H groups in total. The van der Waals surface area contributed by atoms with E-state index in [1.807, 2.05) is 9.80 Å². The average Bonchev–Trinajstić information content (AvgIpc) is 2.77. The molecule has 0 unspecified atom stereocenters. The van der Waals surface area contributed by atoms with Gasteiger partial charge in [-0.15, -0.1) is 0 Å². The fourth-order valence-electron chi connectivity index (χ4n) is 5.92. The predicted octanol–water partition coefficient (Wildman–Crippen LogP) is 3.18. The molecular formula is C24H34F2N4O3. The topological polar surface area (TPSA) is 74.8 Å². The molecule has 1 aromatic rings. The van der Waals surface area contributed by atoms with Crippen LogP contribution in [0.2, 0.25) is 0 Å². The number of piperidine rings is 1. The monoisotopic (exact) mass is 464 g/mol. The second-order valence-corrected chi connectivity index (χ2v) is 10.5. The maximum atomic E-state index is 13.4. The number of hydrogen-bond donors (Lipinski definition) is 1. The molecule has 4 aliphatic rings. The smallest absolute Gasteiger partial charge is 0.320 e. The van der Waals surface area contributed by atoms with Gasteiger partial charge < -0.3 is 19.9 Å². The summed E-state index contributed by atoms with van der Waals surface area (Å²) in [5.41, 5.74) is 1.05. The number of ether oxygens (including phenoxy) is 1. The highest BCUT2D eigenvalue weighted by Crippen LogP contribution is 2.46. The second kappa shape index (κ2) is 8.49. The zero-order valence-electron chi connectivity index (χ0n) is 19.1. The Morgan fingerprint density at radius 2 is 2.03 bits per heavy atom. The minimum absolute atomic E-state index is 0. The maximum Gasteiger partial charge on any atom is 0.320 e. The van der Waals surface area contributed by atoms with Crippen molar-refractivity contribution in [3.05, 3.63) is 29.6 Å². The van der Waals surface area contributed by atoms with E-state index in [1.165, 1.54) is 6.07 Å². The summed E-state index contributed by atoms with van der Waals surface area (Å²) < 4.78 is 32.3. The molecule has 3 saturated heterocycles. The first kappa shape index (κ1) is 22.5. The Hall–Kier alpha value is -2.29. The first-order chi connectivity index (χ1) is 15.7. The highest BCUT2D eigenvalue weighted by atomic mass is 19.3. The molecule has 4 heterocycles. The van der Waals surface area contributed by atoms with Gasteiger partial charge in [0.2, 0.25) is 5.91 Å². The molecule has 182 valence electrons. The van der Waals surface area contributed by atoms with E-state index in [-0.39, 0.29) is 43.2 Å². The number of likely N-dealkylation sites (tertiary alicyclic amines) is 2. The molecule has 1 spiro atoms. The third-order valence-electron chi connectivity index (χ3n) is 7.88. The van der Waals surface area contributed by atoms with E-state index in [4.69, 9.17) is 4.74 Å². The van der Waals surface area contributed by atoms with E-state index in [2.05, 4.69) is 10.3 Å². The van der Waals surface area contributed by atoms with Crippen LogP contribution in [0.5, 0.6) is 0 Å². The molecule has 2 atom stereocenters. The molecule has 3 aliphatic heterocycles. The van der Waals surface area contributed by atoms with Crippen LogP contribution < -0.4 is 5.32 Å². The van der Waals surface area contributed by atoms with Crippen LogP contribution in [0, 0.1) is 11.3 Å². The van der Waals surface area contributed by atoms with Gasteiger partial charge in [-0.3, -0.25) is 9.78 Å². The number of carbonyl (C=O) groups excluding carboxylic acids is 2.